The number of aromatic nitrogens is 2. The summed E-state index contributed by atoms with van der Waals surface area (Å²) < 4.78 is 0. The minimum absolute atomic E-state index is 0.257. The van der Waals surface area contributed by atoms with Gasteiger partial charge in [0, 0.05) is 14.1 Å². The third-order valence-electron chi connectivity index (χ3n) is 1.92. The summed E-state index contributed by atoms with van der Waals surface area (Å²) in [7, 11) is 3.46. The van der Waals surface area contributed by atoms with Gasteiger partial charge in [-0.05, 0) is 6.42 Å². The number of hydrogen-bond donors (Lipinski definition) is 3. The second kappa shape index (κ2) is 4.79. The number of anilines is 1. The summed E-state index contributed by atoms with van der Waals surface area (Å²) in [6.45, 7) is 2.04. The first-order chi connectivity index (χ1) is 7.06. The van der Waals surface area contributed by atoms with Crippen LogP contribution in [0.15, 0.2) is 0 Å². The Bertz CT molecular complexity index is 344. The molecule has 84 valence electrons. The normalized spacial score (nSPS) is 10.7. The minimum Gasteiger partial charge on any atom is -0.395 e. The molecule has 0 aliphatic rings. The lowest BCUT2D eigenvalue weighted by Crippen LogP contribution is -2.36. The smallest absolute Gasteiger partial charge is 0.288 e. The van der Waals surface area contributed by atoms with Crippen LogP contribution in [0.1, 0.15) is 29.5 Å². The maximum Gasteiger partial charge on any atom is 0.288 e. The Balaban J connectivity index is 2.81. The van der Waals surface area contributed by atoms with Gasteiger partial charge in [-0.25, -0.2) is 5.01 Å². The second-order valence-corrected chi connectivity index (χ2v) is 3.55. The lowest BCUT2D eigenvalue weighted by Gasteiger charge is -2.10. The van der Waals surface area contributed by atoms with E-state index in [1.807, 2.05) is 6.92 Å². The number of nitrogen functional groups attached to an aromatic ring is 1. The molecule has 6 heteroatoms. The van der Waals surface area contributed by atoms with Crippen molar-refractivity contribution >= 4 is 11.6 Å². The quantitative estimate of drug-likeness (QED) is 0.619. The molecule has 1 heterocycles. The highest BCUT2D eigenvalue weighted by Crippen LogP contribution is 2.15. The zero-order valence-electron chi connectivity index (χ0n) is 9.29. The maximum atomic E-state index is 11.6. The van der Waals surface area contributed by atoms with Crippen LogP contribution in [-0.2, 0) is 6.42 Å². The van der Waals surface area contributed by atoms with E-state index in [1.54, 1.807) is 19.1 Å². The van der Waals surface area contributed by atoms with Crippen molar-refractivity contribution in [2.45, 2.75) is 19.8 Å². The average molecular weight is 211 g/mol. The van der Waals surface area contributed by atoms with Gasteiger partial charge in [0.2, 0.25) is 0 Å². The van der Waals surface area contributed by atoms with Crippen LogP contribution < -0.4 is 11.2 Å². The summed E-state index contributed by atoms with van der Waals surface area (Å²) in [6.07, 6.45) is 1.76. The number of carbonyl (C=O) groups excluding carboxylic acids is 1. The predicted molar refractivity (Wildman–Crippen MR) is 58.1 cm³/mol. The van der Waals surface area contributed by atoms with Crippen LogP contribution in [0.5, 0.6) is 0 Å². The Labute approximate surface area is 88.8 Å². The van der Waals surface area contributed by atoms with Crippen LogP contribution in [0, 0.1) is 0 Å². The van der Waals surface area contributed by atoms with Crippen molar-refractivity contribution in [3.8, 4) is 0 Å². The molecule has 1 aromatic rings. The highest BCUT2D eigenvalue weighted by molar-refractivity contribution is 5.97. The molecular formula is C9H17N5O. The van der Waals surface area contributed by atoms with Crippen molar-refractivity contribution in [3.05, 3.63) is 11.4 Å². The zero-order valence-corrected chi connectivity index (χ0v) is 9.29. The second-order valence-electron chi connectivity index (χ2n) is 3.55. The number of H-pyrrole nitrogens is 1. The van der Waals surface area contributed by atoms with Crippen LogP contribution in [0.25, 0.3) is 0 Å². The SMILES string of the molecule is CCCc1[nH]nc(C(=O)NN(C)C)c1N. The fourth-order valence-corrected chi connectivity index (χ4v) is 1.26. The first-order valence-electron chi connectivity index (χ1n) is 4.87. The number of carbonyl (C=O) groups is 1. The van der Waals surface area contributed by atoms with E-state index in [1.165, 1.54) is 0 Å². The molecule has 0 unspecified atom stereocenters. The minimum atomic E-state index is -0.295. The van der Waals surface area contributed by atoms with Crippen molar-refractivity contribution < 1.29 is 4.79 Å². The highest BCUT2D eigenvalue weighted by atomic mass is 16.2. The van der Waals surface area contributed by atoms with Crippen LogP contribution in [0.4, 0.5) is 5.69 Å². The molecule has 0 saturated heterocycles. The van der Waals surface area contributed by atoms with Gasteiger partial charge in [0.15, 0.2) is 5.69 Å². The molecule has 0 saturated carbocycles. The van der Waals surface area contributed by atoms with Gasteiger partial charge in [0.25, 0.3) is 5.91 Å². The molecular weight excluding hydrogens is 194 g/mol. The highest BCUT2D eigenvalue weighted by Gasteiger charge is 2.16. The molecule has 0 aromatic carbocycles. The Morgan fingerprint density at radius 2 is 2.27 bits per heavy atom. The molecule has 1 aromatic heterocycles. The number of nitrogens with two attached hydrogens (primary N) is 1. The Morgan fingerprint density at radius 3 is 2.80 bits per heavy atom. The number of hydrazine groups is 1. The van der Waals surface area contributed by atoms with Crippen LogP contribution in [-0.4, -0.2) is 35.2 Å². The van der Waals surface area contributed by atoms with Crippen molar-refractivity contribution in [3.63, 3.8) is 0 Å². The number of amides is 1. The van der Waals surface area contributed by atoms with Crippen molar-refractivity contribution in [1.82, 2.24) is 20.6 Å². The van der Waals surface area contributed by atoms with Gasteiger partial charge in [0.05, 0.1) is 11.4 Å². The summed E-state index contributed by atoms with van der Waals surface area (Å²) in [6, 6.07) is 0. The van der Waals surface area contributed by atoms with Gasteiger partial charge in [0.1, 0.15) is 0 Å². The van der Waals surface area contributed by atoms with E-state index in [0.29, 0.717) is 5.69 Å². The number of aromatic amines is 1. The Hall–Kier alpha value is -1.56. The first-order valence-corrected chi connectivity index (χ1v) is 4.87. The van der Waals surface area contributed by atoms with Gasteiger partial charge in [-0.3, -0.25) is 15.3 Å². The number of nitrogens with zero attached hydrogens (tertiary/aromatic N) is 2. The molecule has 0 bridgehead atoms. The molecule has 4 N–H and O–H groups in total. The first kappa shape index (κ1) is 11.5. The van der Waals surface area contributed by atoms with Crippen molar-refractivity contribution in [1.29, 1.82) is 0 Å². The van der Waals surface area contributed by atoms with E-state index in [2.05, 4.69) is 15.6 Å². The summed E-state index contributed by atoms with van der Waals surface area (Å²) in [4.78, 5) is 11.6. The third kappa shape index (κ3) is 2.69. The fourth-order valence-electron chi connectivity index (χ4n) is 1.26. The summed E-state index contributed by atoms with van der Waals surface area (Å²) >= 11 is 0. The van der Waals surface area contributed by atoms with E-state index in [-0.39, 0.29) is 11.6 Å². The van der Waals surface area contributed by atoms with Gasteiger partial charge >= 0.3 is 0 Å². The number of hydrogen-bond acceptors (Lipinski definition) is 4. The molecule has 6 nitrogen and oxygen atoms in total. The van der Waals surface area contributed by atoms with Gasteiger partial charge in [-0.15, -0.1) is 0 Å². The number of rotatable bonds is 4. The molecule has 0 radical (unpaired) electrons. The van der Waals surface area contributed by atoms with E-state index < -0.39 is 0 Å². The van der Waals surface area contributed by atoms with Crippen molar-refractivity contribution in [2.75, 3.05) is 19.8 Å². The van der Waals surface area contributed by atoms with E-state index >= 15 is 0 Å². The van der Waals surface area contributed by atoms with E-state index in [9.17, 15) is 4.79 Å². The van der Waals surface area contributed by atoms with Gasteiger partial charge in [-0.2, -0.15) is 5.10 Å². The lowest BCUT2D eigenvalue weighted by molar-refractivity contribution is 0.0852. The van der Waals surface area contributed by atoms with Gasteiger partial charge < -0.3 is 5.73 Å². The summed E-state index contributed by atoms with van der Waals surface area (Å²) in [5, 5.41) is 8.22. The molecule has 0 atom stereocenters. The molecule has 0 spiro atoms. The Morgan fingerprint density at radius 1 is 1.60 bits per heavy atom. The molecule has 0 aliphatic carbocycles. The maximum absolute atomic E-state index is 11.6. The van der Waals surface area contributed by atoms with Crippen LogP contribution >= 0.6 is 0 Å². The largest absolute Gasteiger partial charge is 0.395 e. The lowest BCUT2D eigenvalue weighted by atomic mass is 10.2. The summed E-state index contributed by atoms with van der Waals surface area (Å²) in [5.41, 5.74) is 9.90. The molecule has 1 amide bonds. The van der Waals surface area contributed by atoms with Crippen LogP contribution in [0.2, 0.25) is 0 Å². The zero-order chi connectivity index (χ0) is 11.4. The molecule has 0 fully saturated rings. The predicted octanol–water partition coefficient (Wildman–Crippen LogP) is 0.151. The van der Waals surface area contributed by atoms with E-state index in [4.69, 9.17) is 5.73 Å². The van der Waals surface area contributed by atoms with Crippen LogP contribution in [0.3, 0.4) is 0 Å². The monoisotopic (exact) mass is 211 g/mol. The number of aryl methyl sites for hydroxylation is 1. The van der Waals surface area contributed by atoms with Gasteiger partial charge in [-0.1, -0.05) is 13.3 Å². The third-order valence-corrected chi connectivity index (χ3v) is 1.92. The molecule has 0 aliphatic heterocycles. The number of nitrogens with one attached hydrogen (secondary N) is 2. The van der Waals surface area contributed by atoms with Crippen molar-refractivity contribution in [2.24, 2.45) is 0 Å². The standard InChI is InChI=1S/C9H17N5O/c1-4-5-6-7(10)8(12-11-6)9(15)13-14(2)3/h4-5,10H2,1-3H3,(H,11,12)(H,13,15). The fraction of sp³-hybridized carbons (Fsp3) is 0.556. The molecule has 1 rings (SSSR count). The topological polar surface area (TPSA) is 87.0 Å². The Kier molecular flexibility index (Phi) is 3.68. The molecule has 15 heavy (non-hydrogen) atoms. The van der Waals surface area contributed by atoms with E-state index in [0.717, 1.165) is 18.5 Å². The summed E-state index contributed by atoms with van der Waals surface area (Å²) in [5.74, 6) is -0.295. The average Bonchev–Trinajstić information content (AvgIpc) is 2.48.